The average molecular weight is 370 g/mol. The van der Waals surface area contributed by atoms with Gasteiger partial charge in [-0.1, -0.05) is 19.1 Å². The molecule has 0 aliphatic carbocycles. The molecule has 3 rings (SSSR count). The highest BCUT2D eigenvalue weighted by molar-refractivity contribution is 7.18. The molecular formula is C19H18N2O4S. The van der Waals surface area contributed by atoms with Crippen molar-refractivity contribution in [2.75, 3.05) is 17.2 Å². The van der Waals surface area contributed by atoms with Crippen molar-refractivity contribution in [1.82, 2.24) is 0 Å². The second kappa shape index (κ2) is 8.35. The zero-order chi connectivity index (χ0) is 18.4. The highest BCUT2D eigenvalue weighted by Gasteiger charge is 2.14. The van der Waals surface area contributed by atoms with E-state index in [1.165, 1.54) is 17.6 Å². The van der Waals surface area contributed by atoms with Crippen LogP contribution in [0.2, 0.25) is 0 Å². The molecule has 2 N–H and O–H groups in total. The molecule has 0 aliphatic heterocycles. The van der Waals surface area contributed by atoms with Crippen LogP contribution in [0.3, 0.4) is 0 Å². The molecule has 3 aromatic rings. The molecule has 2 amide bonds. The van der Waals surface area contributed by atoms with Crippen LogP contribution >= 0.6 is 11.3 Å². The van der Waals surface area contributed by atoms with Crippen molar-refractivity contribution in [1.29, 1.82) is 0 Å². The van der Waals surface area contributed by atoms with E-state index in [2.05, 4.69) is 10.6 Å². The summed E-state index contributed by atoms with van der Waals surface area (Å²) in [5, 5.41) is 6.11. The van der Waals surface area contributed by atoms with Crippen LogP contribution in [0.5, 0.6) is 5.75 Å². The Balaban J connectivity index is 1.66. The number of nitrogens with one attached hydrogen (secondary N) is 2. The van der Waals surface area contributed by atoms with Gasteiger partial charge in [0.1, 0.15) is 5.75 Å². The molecule has 2 aromatic heterocycles. The zero-order valence-corrected chi connectivity index (χ0v) is 15.0. The van der Waals surface area contributed by atoms with Gasteiger partial charge in [-0.25, -0.2) is 0 Å². The SMILES string of the molecule is CCCOc1ccccc1NC(=O)c1ccc(NC(=O)c2ccco2)s1. The van der Waals surface area contributed by atoms with Crippen LogP contribution in [-0.4, -0.2) is 18.4 Å². The molecule has 7 heteroatoms. The lowest BCUT2D eigenvalue weighted by atomic mass is 10.3. The minimum Gasteiger partial charge on any atom is -0.491 e. The van der Waals surface area contributed by atoms with Gasteiger partial charge in [0.15, 0.2) is 5.76 Å². The van der Waals surface area contributed by atoms with Crippen molar-refractivity contribution in [3.63, 3.8) is 0 Å². The van der Waals surface area contributed by atoms with Crippen LogP contribution in [0.1, 0.15) is 33.6 Å². The number of ether oxygens (including phenoxy) is 1. The number of furan rings is 1. The van der Waals surface area contributed by atoms with Crippen molar-refractivity contribution < 1.29 is 18.7 Å². The number of carbonyl (C=O) groups is 2. The number of carbonyl (C=O) groups excluding carboxylic acids is 2. The topological polar surface area (TPSA) is 80.6 Å². The normalized spacial score (nSPS) is 10.3. The Hall–Kier alpha value is -3.06. The first-order chi connectivity index (χ1) is 12.7. The van der Waals surface area contributed by atoms with E-state index < -0.39 is 0 Å². The number of hydrogen-bond donors (Lipinski definition) is 2. The van der Waals surface area contributed by atoms with Crippen LogP contribution in [0.25, 0.3) is 0 Å². The number of thiophene rings is 1. The second-order valence-electron chi connectivity index (χ2n) is 5.39. The summed E-state index contributed by atoms with van der Waals surface area (Å²) in [6.45, 7) is 2.60. The van der Waals surface area contributed by atoms with Crippen LogP contribution in [0, 0.1) is 0 Å². The van der Waals surface area contributed by atoms with Gasteiger partial charge in [0.05, 0.1) is 28.4 Å². The highest BCUT2D eigenvalue weighted by atomic mass is 32.1. The van der Waals surface area contributed by atoms with Gasteiger partial charge in [-0.2, -0.15) is 0 Å². The Morgan fingerprint density at radius 2 is 1.88 bits per heavy atom. The Morgan fingerprint density at radius 3 is 2.65 bits per heavy atom. The number of para-hydroxylation sites is 2. The standard InChI is InChI=1S/C19H18N2O4S/c1-2-11-24-14-7-4-3-6-13(14)20-19(23)16-9-10-17(26-16)21-18(22)15-8-5-12-25-15/h3-10,12H,2,11H2,1H3,(H,20,23)(H,21,22). The Bertz CT molecular complexity index is 887. The largest absolute Gasteiger partial charge is 0.491 e. The molecule has 26 heavy (non-hydrogen) atoms. The third-order valence-electron chi connectivity index (χ3n) is 3.41. The summed E-state index contributed by atoms with van der Waals surface area (Å²) < 4.78 is 10.7. The third-order valence-corrected chi connectivity index (χ3v) is 4.41. The third kappa shape index (κ3) is 4.31. The first-order valence-corrected chi connectivity index (χ1v) is 8.97. The Kier molecular flexibility index (Phi) is 5.70. The lowest BCUT2D eigenvalue weighted by Crippen LogP contribution is -2.12. The van der Waals surface area contributed by atoms with E-state index in [0.717, 1.165) is 6.42 Å². The van der Waals surface area contributed by atoms with E-state index >= 15 is 0 Å². The van der Waals surface area contributed by atoms with E-state index in [0.29, 0.717) is 27.9 Å². The molecule has 0 fully saturated rings. The fourth-order valence-electron chi connectivity index (χ4n) is 2.20. The molecule has 0 aliphatic rings. The van der Waals surface area contributed by atoms with Crippen LogP contribution in [-0.2, 0) is 0 Å². The smallest absolute Gasteiger partial charge is 0.291 e. The van der Waals surface area contributed by atoms with Crippen molar-refractivity contribution in [3.05, 3.63) is 65.4 Å². The van der Waals surface area contributed by atoms with Crippen molar-refractivity contribution >= 4 is 33.8 Å². The molecule has 0 spiro atoms. The molecular weight excluding hydrogens is 352 g/mol. The predicted octanol–water partition coefficient (Wildman–Crippen LogP) is 4.63. The van der Waals surface area contributed by atoms with E-state index in [9.17, 15) is 9.59 Å². The van der Waals surface area contributed by atoms with Crippen molar-refractivity contribution in [3.8, 4) is 5.75 Å². The van der Waals surface area contributed by atoms with E-state index in [1.54, 1.807) is 30.3 Å². The molecule has 1 aromatic carbocycles. The summed E-state index contributed by atoms with van der Waals surface area (Å²) in [5.41, 5.74) is 0.612. The minimum atomic E-state index is -0.359. The van der Waals surface area contributed by atoms with Gasteiger partial charge in [0.2, 0.25) is 0 Å². The van der Waals surface area contributed by atoms with E-state index in [-0.39, 0.29) is 17.6 Å². The van der Waals surface area contributed by atoms with E-state index in [1.807, 2.05) is 25.1 Å². The number of hydrogen-bond acceptors (Lipinski definition) is 5. The Labute approximate surface area is 154 Å². The zero-order valence-electron chi connectivity index (χ0n) is 14.2. The molecule has 2 heterocycles. The maximum Gasteiger partial charge on any atom is 0.291 e. The summed E-state index contributed by atoms with van der Waals surface area (Å²) >= 11 is 1.18. The van der Waals surface area contributed by atoms with Gasteiger partial charge in [0, 0.05) is 0 Å². The van der Waals surface area contributed by atoms with Gasteiger partial charge in [-0.3, -0.25) is 9.59 Å². The van der Waals surface area contributed by atoms with Gasteiger partial charge in [0.25, 0.3) is 11.8 Å². The van der Waals surface area contributed by atoms with Gasteiger partial charge < -0.3 is 19.8 Å². The molecule has 0 bridgehead atoms. The van der Waals surface area contributed by atoms with E-state index in [4.69, 9.17) is 9.15 Å². The van der Waals surface area contributed by atoms with Crippen LogP contribution < -0.4 is 15.4 Å². The number of benzene rings is 1. The highest BCUT2D eigenvalue weighted by Crippen LogP contribution is 2.27. The predicted molar refractivity (Wildman–Crippen MR) is 101 cm³/mol. The molecule has 0 radical (unpaired) electrons. The van der Waals surface area contributed by atoms with Crippen molar-refractivity contribution in [2.24, 2.45) is 0 Å². The molecule has 0 unspecified atom stereocenters. The molecule has 0 atom stereocenters. The maximum absolute atomic E-state index is 12.5. The summed E-state index contributed by atoms with van der Waals surface area (Å²) in [7, 11) is 0. The van der Waals surface area contributed by atoms with Gasteiger partial charge in [-0.05, 0) is 42.8 Å². The summed E-state index contributed by atoms with van der Waals surface area (Å²) in [6.07, 6.45) is 2.31. The number of amides is 2. The summed E-state index contributed by atoms with van der Waals surface area (Å²) in [6, 6.07) is 13.8. The quantitative estimate of drug-likeness (QED) is 0.635. The molecule has 0 saturated heterocycles. The van der Waals surface area contributed by atoms with Gasteiger partial charge >= 0.3 is 0 Å². The monoisotopic (exact) mass is 370 g/mol. The first-order valence-electron chi connectivity index (χ1n) is 8.15. The number of anilines is 2. The summed E-state index contributed by atoms with van der Waals surface area (Å²) in [4.78, 5) is 24.9. The second-order valence-corrected chi connectivity index (χ2v) is 6.48. The lowest BCUT2D eigenvalue weighted by molar-refractivity contribution is 0.0995. The molecule has 6 nitrogen and oxygen atoms in total. The van der Waals surface area contributed by atoms with Crippen LogP contribution in [0.4, 0.5) is 10.7 Å². The molecule has 134 valence electrons. The lowest BCUT2D eigenvalue weighted by Gasteiger charge is -2.11. The first kappa shape index (κ1) is 17.8. The average Bonchev–Trinajstić information content (AvgIpc) is 3.33. The minimum absolute atomic E-state index is 0.214. The number of rotatable bonds is 7. The summed E-state index contributed by atoms with van der Waals surface area (Å²) in [5.74, 6) is 0.222. The fraction of sp³-hybridized carbons (Fsp3) is 0.158. The Morgan fingerprint density at radius 1 is 1.04 bits per heavy atom. The van der Waals surface area contributed by atoms with Gasteiger partial charge in [-0.15, -0.1) is 11.3 Å². The maximum atomic E-state index is 12.5. The van der Waals surface area contributed by atoms with Crippen molar-refractivity contribution in [2.45, 2.75) is 13.3 Å². The van der Waals surface area contributed by atoms with Crippen LogP contribution in [0.15, 0.2) is 59.2 Å². The fourth-order valence-corrected chi connectivity index (χ4v) is 3.00. The molecule has 0 saturated carbocycles.